The van der Waals surface area contributed by atoms with Crippen molar-refractivity contribution >= 4 is 22.6 Å². The van der Waals surface area contributed by atoms with Crippen LogP contribution in [0.15, 0.2) is 30.5 Å². The smallest absolute Gasteiger partial charge is 0.322 e. The minimum Gasteiger partial charge on any atom is -0.382 e. The van der Waals surface area contributed by atoms with E-state index in [-0.39, 0.29) is 12.1 Å². The number of hydrogen-bond donors (Lipinski definition) is 2. The number of nitrogens with one attached hydrogen (secondary N) is 2. The zero-order valence-electron chi connectivity index (χ0n) is 12.0. The van der Waals surface area contributed by atoms with Gasteiger partial charge in [-0.3, -0.25) is 0 Å². The van der Waals surface area contributed by atoms with Crippen molar-refractivity contribution in [1.29, 1.82) is 0 Å². The molecule has 0 saturated carbocycles. The van der Waals surface area contributed by atoms with Crippen molar-refractivity contribution in [2.24, 2.45) is 0 Å². The summed E-state index contributed by atoms with van der Waals surface area (Å²) in [5.74, 6) is 0. The average Bonchev–Trinajstić information content (AvgIpc) is 2.97. The summed E-state index contributed by atoms with van der Waals surface area (Å²) in [6.45, 7) is 2.17. The highest BCUT2D eigenvalue weighted by atomic mass is 16.5. The van der Waals surface area contributed by atoms with E-state index in [1.54, 1.807) is 12.0 Å². The largest absolute Gasteiger partial charge is 0.382 e. The molecule has 6 nitrogen and oxygen atoms in total. The van der Waals surface area contributed by atoms with Gasteiger partial charge in [0.2, 0.25) is 0 Å². The van der Waals surface area contributed by atoms with Gasteiger partial charge in [0.1, 0.15) is 0 Å². The highest BCUT2D eigenvalue weighted by molar-refractivity contribution is 6.00. The van der Waals surface area contributed by atoms with Gasteiger partial charge < -0.3 is 24.7 Å². The lowest BCUT2D eigenvalue weighted by Crippen LogP contribution is -2.48. The predicted octanol–water partition coefficient (Wildman–Crippen LogP) is 2.05. The quantitative estimate of drug-likeness (QED) is 0.908. The number of ether oxygens (including phenoxy) is 2. The fourth-order valence-corrected chi connectivity index (χ4v) is 2.58. The lowest BCUT2D eigenvalue weighted by atomic mass is 10.2. The number of rotatable bonds is 3. The van der Waals surface area contributed by atoms with Crippen LogP contribution in [0.1, 0.15) is 0 Å². The number of H-pyrrole nitrogens is 1. The topological polar surface area (TPSA) is 66.6 Å². The first-order valence-corrected chi connectivity index (χ1v) is 7.00. The maximum Gasteiger partial charge on any atom is 0.322 e. The summed E-state index contributed by atoms with van der Waals surface area (Å²) in [7, 11) is 1.63. The molecule has 1 fully saturated rings. The van der Waals surface area contributed by atoms with Gasteiger partial charge in [0.15, 0.2) is 0 Å². The summed E-state index contributed by atoms with van der Waals surface area (Å²) in [6.07, 6.45) is 1.81. The molecule has 1 aliphatic heterocycles. The van der Waals surface area contributed by atoms with E-state index in [1.807, 2.05) is 30.5 Å². The van der Waals surface area contributed by atoms with Crippen LogP contribution in [-0.4, -0.2) is 55.4 Å². The van der Waals surface area contributed by atoms with Crippen molar-refractivity contribution in [1.82, 2.24) is 9.88 Å². The molecule has 1 saturated heterocycles. The third-order valence-electron chi connectivity index (χ3n) is 3.62. The number of urea groups is 1. The molecule has 3 rings (SSSR count). The Morgan fingerprint density at radius 1 is 1.52 bits per heavy atom. The Balaban J connectivity index is 1.69. The Morgan fingerprint density at radius 3 is 3.29 bits per heavy atom. The molecule has 1 aliphatic rings. The first kappa shape index (κ1) is 13.9. The molecule has 1 atom stereocenters. The molecule has 0 radical (unpaired) electrons. The zero-order valence-corrected chi connectivity index (χ0v) is 12.0. The van der Waals surface area contributed by atoms with E-state index in [9.17, 15) is 4.79 Å². The highest BCUT2D eigenvalue weighted by Gasteiger charge is 2.24. The number of carbonyl (C=O) groups is 1. The van der Waals surface area contributed by atoms with Crippen LogP contribution in [-0.2, 0) is 9.47 Å². The van der Waals surface area contributed by atoms with Crippen LogP contribution < -0.4 is 5.32 Å². The van der Waals surface area contributed by atoms with E-state index >= 15 is 0 Å². The Labute approximate surface area is 123 Å². The Kier molecular flexibility index (Phi) is 4.08. The van der Waals surface area contributed by atoms with Crippen molar-refractivity contribution in [2.75, 3.05) is 38.7 Å². The highest BCUT2D eigenvalue weighted by Crippen LogP contribution is 2.22. The molecule has 6 heteroatoms. The summed E-state index contributed by atoms with van der Waals surface area (Å²) in [5, 5.41) is 3.98. The number of methoxy groups -OCH3 is 1. The molecule has 2 amide bonds. The molecular formula is C15H19N3O3. The third-order valence-corrected chi connectivity index (χ3v) is 3.62. The number of anilines is 1. The Bertz CT molecular complexity index is 623. The summed E-state index contributed by atoms with van der Waals surface area (Å²) in [6, 6.07) is 7.66. The van der Waals surface area contributed by atoms with Crippen LogP contribution >= 0.6 is 0 Å². The number of benzene rings is 1. The van der Waals surface area contributed by atoms with Gasteiger partial charge in [-0.1, -0.05) is 6.07 Å². The second-order valence-corrected chi connectivity index (χ2v) is 5.07. The lowest BCUT2D eigenvalue weighted by Gasteiger charge is -2.32. The normalized spacial score (nSPS) is 18.9. The predicted molar refractivity (Wildman–Crippen MR) is 80.5 cm³/mol. The van der Waals surface area contributed by atoms with Gasteiger partial charge in [-0.05, 0) is 18.2 Å². The van der Waals surface area contributed by atoms with E-state index in [2.05, 4.69) is 10.3 Å². The van der Waals surface area contributed by atoms with Crippen LogP contribution in [0.2, 0.25) is 0 Å². The number of amides is 2. The second kappa shape index (κ2) is 6.15. The van der Waals surface area contributed by atoms with Crippen molar-refractivity contribution in [3.05, 3.63) is 30.5 Å². The number of morpholine rings is 1. The van der Waals surface area contributed by atoms with E-state index in [4.69, 9.17) is 9.47 Å². The second-order valence-electron chi connectivity index (χ2n) is 5.07. The monoisotopic (exact) mass is 289 g/mol. The zero-order chi connectivity index (χ0) is 14.7. The molecule has 0 spiro atoms. The SMILES string of the molecule is COCC1CN(C(=O)Nc2cccc3[nH]ccc23)CCO1. The number of fused-ring (bicyclic) bond motifs is 1. The maximum atomic E-state index is 12.4. The van der Waals surface area contributed by atoms with Gasteiger partial charge in [-0.25, -0.2) is 4.79 Å². The fourth-order valence-electron chi connectivity index (χ4n) is 2.58. The summed E-state index contributed by atoms with van der Waals surface area (Å²) >= 11 is 0. The number of hydrogen-bond acceptors (Lipinski definition) is 3. The van der Waals surface area contributed by atoms with Crippen LogP contribution in [0.25, 0.3) is 10.9 Å². The van der Waals surface area contributed by atoms with Gasteiger partial charge in [0.05, 0.1) is 31.5 Å². The third kappa shape index (κ3) is 3.01. The van der Waals surface area contributed by atoms with Crippen molar-refractivity contribution in [3.8, 4) is 0 Å². The number of aromatic nitrogens is 1. The van der Waals surface area contributed by atoms with Gasteiger partial charge in [-0.15, -0.1) is 0 Å². The molecule has 2 aromatic rings. The Morgan fingerprint density at radius 2 is 2.43 bits per heavy atom. The standard InChI is InChI=1S/C15H19N3O3/c1-20-10-11-9-18(7-8-21-11)15(19)17-14-4-2-3-13-12(14)5-6-16-13/h2-6,11,16H,7-10H2,1H3,(H,17,19). The first-order chi connectivity index (χ1) is 10.3. The van der Waals surface area contributed by atoms with Crippen molar-refractivity contribution < 1.29 is 14.3 Å². The van der Waals surface area contributed by atoms with Gasteiger partial charge in [0.25, 0.3) is 0 Å². The molecule has 112 valence electrons. The minimum absolute atomic E-state index is 0.0578. The van der Waals surface area contributed by atoms with E-state index in [0.717, 1.165) is 16.6 Å². The van der Waals surface area contributed by atoms with Crippen molar-refractivity contribution in [3.63, 3.8) is 0 Å². The molecular weight excluding hydrogens is 270 g/mol. The fraction of sp³-hybridized carbons (Fsp3) is 0.400. The molecule has 1 aromatic heterocycles. The molecule has 0 aliphatic carbocycles. The first-order valence-electron chi connectivity index (χ1n) is 7.00. The maximum absolute atomic E-state index is 12.4. The van der Waals surface area contributed by atoms with E-state index < -0.39 is 0 Å². The number of carbonyl (C=O) groups excluding carboxylic acids is 1. The lowest BCUT2D eigenvalue weighted by molar-refractivity contribution is -0.0481. The van der Waals surface area contributed by atoms with Gasteiger partial charge >= 0.3 is 6.03 Å². The van der Waals surface area contributed by atoms with Crippen LogP contribution in [0, 0.1) is 0 Å². The molecule has 21 heavy (non-hydrogen) atoms. The molecule has 1 unspecified atom stereocenters. The van der Waals surface area contributed by atoms with Crippen LogP contribution in [0.5, 0.6) is 0 Å². The molecule has 1 aromatic carbocycles. The number of aromatic amines is 1. The minimum atomic E-state index is -0.104. The molecule has 2 heterocycles. The molecule has 0 bridgehead atoms. The Hall–Kier alpha value is -2.05. The van der Waals surface area contributed by atoms with Crippen LogP contribution in [0.4, 0.5) is 10.5 Å². The average molecular weight is 289 g/mol. The van der Waals surface area contributed by atoms with Gasteiger partial charge in [-0.2, -0.15) is 0 Å². The van der Waals surface area contributed by atoms with Crippen LogP contribution in [0.3, 0.4) is 0 Å². The summed E-state index contributed by atoms with van der Waals surface area (Å²) < 4.78 is 10.6. The van der Waals surface area contributed by atoms with E-state index in [1.165, 1.54) is 0 Å². The molecule has 2 N–H and O–H groups in total. The van der Waals surface area contributed by atoms with E-state index in [0.29, 0.717) is 26.3 Å². The summed E-state index contributed by atoms with van der Waals surface area (Å²) in [4.78, 5) is 17.3. The summed E-state index contributed by atoms with van der Waals surface area (Å²) in [5.41, 5.74) is 1.82. The van der Waals surface area contributed by atoms with Gasteiger partial charge in [0, 0.05) is 30.8 Å². The van der Waals surface area contributed by atoms with Crippen molar-refractivity contribution in [2.45, 2.75) is 6.10 Å². The number of nitrogens with zero attached hydrogens (tertiary/aromatic N) is 1.